The topological polar surface area (TPSA) is 43.1 Å². The van der Waals surface area contributed by atoms with Crippen LogP contribution in [-0.4, -0.2) is 17.8 Å². The molecule has 1 heterocycles. The molecule has 2 N–H and O–H groups in total. The zero-order valence-corrected chi connectivity index (χ0v) is 12.4. The summed E-state index contributed by atoms with van der Waals surface area (Å²) in [5.41, 5.74) is 6.71. The van der Waals surface area contributed by atoms with Crippen LogP contribution < -0.4 is 5.73 Å². The fourth-order valence-corrected chi connectivity index (χ4v) is 4.91. The van der Waals surface area contributed by atoms with Crippen molar-refractivity contribution in [3.63, 3.8) is 0 Å². The molecule has 16 heavy (non-hydrogen) atoms. The van der Waals surface area contributed by atoms with Gasteiger partial charge in [-0.05, 0) is 12.0 Å². The monoisotopic (exact) mass is 275 g/mol. The number of nitrogens with two attached hydrogens (primary N) is 1. The number of nitrogen functional groups attached to an aromatic ring is 1. The summed E-state index contributed by atoms with van der Waals surface area (Å²) in [6.45, 7) is 5.93. The van der Waals surface area contributed by atoms with Gasteiger partial charge in [0.05, 0.1) is 19.7 Å². The summed E-state index contributed by atoms with van der Waals surface area (Å²) in [6, 6.07) is 0. The number of carbonyl (C=O) groups excluding carboxylic acids is 1. The second kappa shape index (κ2) is 5.98. The number of thioether (sulfide) groups is 2. The summed E-state index contributed by atoms with van der Waals surface area (Å²) in [5.74, 6) is 1.17. The van der Waals surface area contributed by atoms with E-state index in [9.17, 15) is 4.79 Å². The van der Waals surface area contributed by atoms with Gasteiger partial charge in [0.1, 0.15) is 0 Å². The summed E-state index contributed by atoms with van der Waals surface area (Å²) < 4.78 is 1.18. The highest BCUT2D eigenvalue weighted by molar-refractivity contribution is 8.03. The first-order valence-corrected chi connectivity index (χ1v) is 8.18. The van der Waals surface area contributed by atoms with E-state index in [4.69, 9.17) is 5.73 Å². The number of thiophene rings is 1. The maximum Gasteiger partial charge on any atom is 0.177 e. The van der Waals surface area contributed by atoms with Crippen molar-refractivity contribution < 1.29 is 4.79 Å². The molecule has 1 aromatic rings. The van der Waals surface area contributed by atoms with E-state index < -0.39 is 0 Å². The first-order chi connectivity index (χ1) is 7.52. The van der Waals surface area contributed by atoms with Crippen molar-refractivity contribution in [3.05, 3.63) is 4.88 Å². The van der Waals surface area contributed by atoms with Gasteiger partial charge in [-0.3, -0.25) is 4.79 Å². The van der Waals surface area contributed by atoms with Gasteiger partial charge >= 0.3 is 0 Å². The Morgan fingerprint density at radius 1 is 1.50 bits per heavy atom. The normalized spacial score (nSPS) is 11.1. The van der Waals surface area contributed by atoms with Gasteiger partial charge < -0.3 is 5.73 Å². The molecule has 1 rings (SSSR count). The summed E-state index contributed by atoms with van der Waals surface area (Å²) in [6.07, 6.45) is 2.00. The van der Waals surface area contributed by atoms with Crippen molar-refractivity contribution in [2.45, 2.75) is 29.9 Å². The van der Waals surface area contributed by atoms with E-state index in [2.05, 4.69) is 6.92 Å². The fraction of sp³-hybridized carbons (Fsp3) is 0.545. The van der Waals surface area contributed by atoms with Crippen LogP contribution in [0.25, 0.3) is 0 Å². The minimum Gasteiger partial charge on any atom is -0.397 e. The van der Waals surface area contributed by atoms with Crippen molar-refractivity contribution in [2.75, 3.05) is 17.7 Å². The maximum atomic E-state index is 12.0. The first-order valence-electron chi connectivity index (χ1n) is 5.16. The van der Waals surface area contributed by atoms with Crippen LogP contribution in [0.4, 0.5) is 5.69 Å². The zero-order chi connectivity index (χ0) is 12.3. The first kappa shape index (κ1) is 13.9. The highest BCUT2D eigenvalue weighted by Gasteiger charge is 2.22. The van der Waals surface area contributed by atoms with Gasteiger partial charge in [-0.1, -0.05) is 20.8 Å². The van der Waals surface area contributed by atoms with E-state index in [-0.39, 0.29) is 11.7 Å². The molecule has 0 fully saturated rings. The fourth-order valence-electron chi connectivity index (χ4n) is 1.27. The third kappa shape index (κ3) is 2.76. The molecule has 0 aliphatic rings. The van der Waals surface area contributed by atoms with Gasteiger partial charge in [0.15, 0.2) is 5.78 Å². The molecule has 0 saturated heterocycles. The van der Waals surface area contributed by atoms with E-state index in [1.807, 2.05) is 20.1 Å². The smallest absolute Gasteiger partial charge is 0.177 e. The van der Waals surface area contributed by atoms with E-state index in [0.29, 0.717) is 5.69 Å². The van der Waals surface area contributed by atoms with Gasteiger partial charge in [0.25, 0.3) is 0 Å². The Labute approximate surface area is 109 Å². The molecule has 0 amide bonds. The summed E-state index contributed by atoms with van der Waals surface area (Å²) in [7, 11) is 0. The third-order valence-corrected chi connectivity index (χ3v) is 5.56. The van der Waals surface area contributed by atoms with Gasteiger partial charge in [-0.2, -0.15) is 0 Å². The van der Waals surface area contributed by atoms with E-state index in [0.717, 1.165) is 15.5 Å². The molecule has 0 aromatic carbocycles. The molecule has 90 valence electrons. The van der Waals surface area contributed by atoms with Crippen LogP contribution in [0.5, 0.6) is 0 Å². The second-order valence-electron chi connectivity index (χ2n) is 3.62. The minimum absolute atomic E-state index is 0.00938. The molecule has 0 unspecified atom stereocenters. The lowest BCUT2D eigenvalue weighted by Gasteiger charge is -2.02. The number of Topliss-reactive ketones (excluding diaryl/α,β-unsaturated/α-hetero) is 1. The number of rotatable bonds is 5. The molecule has 0 atom stereocenters. The van der Waals surface area contributed by atoms with Gasteiger partial charge in [-0.15, -0.1) is 34.9 Å². The highest BCUT2D eigenvalue weighted by Crippen LogP contribution is 2.43. The molecule has 0 aliphatic carbocycles. The molecule has 0 bridgehead atoms. The molecule has 2 nitrogen and oxygen atoms in total. The molecule has 0 spiro atoms. The molecule has 0 radical (unpaired) electrons. The summed E-state index contributed by atoms with van der Waals surface area (Å²) >= 11 is 4.92. The Bertz CT molecular complexity index is 385. The van der Waals surface area contributed by atoms with Crippen LogP contribution in [0.15, 0.2) is 9.10 Å². The predicted molar refractivity (Wildman–Crippen MR) is 76.1 cm³/mol. The lowest BCUT2D eigenvalue weighted by Crippen LogP contribution is -2.07. The van der Waals surface area contributed by atoms with Crippen molar-refractivity contribution in [1.82, 2.24) is 0 Å². The number of hydrogen-bond donors (Lipinski definition) is 1. The van der Waals surface area contributed by atoms with Crippen LogP contribution in [0.3, 0.4) is 0 Å². The molecule has 0 aliphatic heterocycles. The second-order valence-corrected chi connectivity index (χ2v) is 6.99. The molecular formula is C11H17NOS3. The van der Waals surface area contributed by atoms with Crippen molar-refractivity contribution >= 4 is 46.3 Å². The van der Waals surface area contributed by atoms with Gasteiger partial charge in [-0.25, -0.2) is 0 Å². The number of hydrogen-bond acceptors (Lipinski definition) is 5. The van der Waals surface area contributed by atoms with Crippen molar-refractivity contribution in [1.29, 1.82) is 0 Å². The quantitative estimate of drug-likeness (QED) is 0.651. The van der Waals surface area contributed by atoms with E-state index in [1.165, 1.54) is 15.5 Å². The summed E-state index contributed by atoms with van der Waals surface area (Å²) in [4.78, 5) is 13.8. The number of anilines is 1. The van der Waals surface area contributed by atoms with Gasteiger partial charge in [0, 0.05) is 5.92 Å². The van der Waals surface area contributed by atoms with Crippen molar-refractivity contribution in [3.8, 4) is 0 Å². The maximum absolute atomic E-state index is 12.0. The van der Waals surface area contributed by atoms with Gasteiger partial charge in [0.2, 0.25) is 0 Å². The third-order valence-electron chi connectivity index (χ3n) is 2.10. The Kier molecular flexibility index (Phi) is 5.21. The van der Waals surface area contributed by atoms with Crippen LogP contribution in [0.2, 0.25) is 0 Å². The standard InChI is InChI=1S/C11H17NOS3/c1-5-15-11-10(14-4)7(12)9(16-11)8(13)6(2)3/h6H,5,12H2,1-4H3. The average Bonchev–Trinajstić information content (AvgIpc) is 2.54. The Morgan fingerprint density at radius 2 is 2.12 bits per heavy atom. The predicted octanol–water partition coefficient (Wildman–Crippen LogP) is 4.00. The zero-order valence-electron chi connectivity index (χ0n) is 9.99. The Balaban J connectivity index is 3.16. The lowest BCUT2D eigenvalue weighted by molar-refractivity contribution is 0.0944. The SMILES string of the molecule is CCSc1sc(C(=O)C(C)C)c(N)c1SC. The van der Waals surface area contributed by atoms with Crippen molar-refractivity contribution in [2.24, 2.45) is 5.92 Å². The largest absolute Gasteiger partial charge is 0.397 e. The van der Waals surface area contributed by atoms with E-state index >= 15 is 0 Å². The lowest BCUT2D eigenvalue weighted by atomic mass is 10.1. The molecular weight excluding hydrogens is 258 g/mol. The van der Waals surface area contributed by atoms with E-state index in [1.54, 1.807) is 23.5 Å². The number of carbonyl (C=O) groups is 1. The average molecular weight is 275 g/mol. The minimum atomic E-state index is 0.00938. The van der Waals surface area contributed by atoms with Crippen LogP contribution in [-0.2, 0) is 0 Å². The number of ketones is 1. The Morgan fingerprint density at radius 3 is 2.56 bits per heavy atom. The summed E-state index contributed by atoms with van der Waals surface area (Å²) in [5, 5.41) is 0. The molecule has 5 heteroatoms. The van der Waals surface area contributed by atoms with Crippen LogP contribution >= 0.6 is 34.9 Å². The molecule has 0 saturated carbocycles. The van der Waals surface area contributed by atoms with Crippen LogP contribution in [0, 0.1) is 5.92 Å². The Hall–Kier alpha value is -0.130. The van der Waals surface area contributed by atoms with Crippen LogP contribution in [0.1, 0.15) is 30.4 Å². The molecule has 1 aromatic heterocycles. The highest BCUT2D eigenvalue weighted by atomic mass is 32.2.